The Morgan fingerprint density at radius 3 is 1.83 bits per heavy atom. The Kier molecular flexibility index (Phi) is 11.6. The summed E-state index contributed by atoms with van der Waals surface area (Å²) in [5, 5.41) is 0. The predicted octanol–water partition coefficient (Wildman–Crippen LogP) is 5.59. The van der Waals surface area contributed by atoms with Crippen LogP contribution in [0.3, 0.4) is 0 Å². The first-order valence-electron chi connectivity index (χ1n) is 8.00. The van der Waals surface area contributed by atoms with Crippen LogP contribution in [-0.4, -0.2) is 5.54 Å². The summed E-state index contributed by atoms with van der Waals surface area (Å²) in [6, 6.07) is 0. The minimum absolute atomic E-state index is 0.0310. The second-order valence-corrected chi connectivity index (χ2v) is 6.26. The van der Waals surface area contributed by atoms with Crippen molar-refractivity contribution in [2.75, 3.05) is 0 Å². The summed E-state index contributed by atoms with van der Waals surface area (Å²) in [6.07, 6.45) is 19.3. The Morgan fingerprint density at radius 1 is 0.778 bits per heavy atom. The summed E-state index contributed by atoms with van der Waals surface area (Å²) in [6.45, 7) is 6.50. The molecule has 0 aliphatic heterocycles. The molecular weight excluding hydrogens is 218 g/mol. The molecule has 0 amide bonds. The number of nitrogens with two attached hydrogens (primary N) is 1. The van der Waals surface area contributed by atoms with Gasteiger partial charge in [0.1, 0.15) is 0 Å². The molecular formula is C17H35N. The number of hydrogen-bond donors (Lipinski definition) is 1. The van der Waals surface area contributed by atoms with Crippen LogP contribution in [0.25, 0.3) is 0 Å². The van der Waals surface area contributed by atoms with E-state index in [2.05, 4.69) is 32.9 Å². The average Bonchev–Trinajstić information content (AvgIpc) is 2.29. The SMILES string of the molecule is CCCCC=CCCCCCCCCC(C)(C)N. The molecule has 0 fully saturated rings. The Hall–Kier alpha value is -0.300. The van der Waals surface area contributed by atoms with E-state index in [-0.39, 0.29) is 5.54 Å². The molecule has 0 aromatic rings. The summed E-state index contributed by atoms with van der Waals surface area (Å²) < 4.78 is 0. The number of hydrogen-bond acceptors (Lipinski definition) is 1. The van der Waals surface area contributed by atoms with Crippen molar-refractivity contribution < 1.29 is 0 Å². The van der Waals surface area contributed by atoms with Gasteiger partial charge in [-0.15, -0.1) is 0 Å². The van der Waals surface area contributed by atoms with Crippen LogP contribution in [0, 0.1) is 0 Å². The molecule has 2 N–H and O–H groups in total. The molecule has 18 heavy (non-hydrogen) atoms. The lowest BCUT2D eigenvalue weighted by Gasteiger charge is -2.17. The van der Waals surface area contributed by atoms with Crippen molar-refractivity contribution in [3.63, 3.8) is 0 Å². The Bertz CT molecular complexity index is 188. The fourth-order valence-corrected chi connectivity index (χ4v) is 2.11. The largest absolute Gasteiger partial charge is 0.326 e. The van der Waals surface area contributed by atoms with E-state index < -0.39 is 0 Å². The van der Waals surface area contributed by atoms with Crippen LogP contribution in [0.4, 0.5) is 0 Å². The van der Waals surface area contributed by atoms with Gasteiger partial charge in [-0.05, 0) is 39.5 Å². The average molecular weight is 253 g/mol. The van der Waals surface area contributed by atoms with Crippen molar-refractivity contribution in [3.8, 4) is 0 Å². The summed E-state index contributed by atoms with van der Waals surface area (Å²) >= 11 is 0. The van der Waals surface area contributed by atoms with Crippen molar-refractivity contribution >= 4 is 0 Å². The van der Waals surface area contributed by atoms with Crippen molar-refractivity contribution in [1.82, 2.24) is 0 Å². The van der Waals surface area contributed by atoms with Gasteiger partial charge in [-0.1, -0.05) is 64.0 Å². The molecule has 0 aliphatic rings. The van der Waals surface area contributed by atoms with Gasteiger partial charge in [0.25, 0.3) is 0 Å². The van der Waals surface area contributed by atoms with Gasteiger partial charge in [0.2, 0.25) is 0 Å². The van der Waals surface area contributed by atoms with Crippen LogP contribution in [0.2, 0.25) is 0 Å². The molecule has 0 unspecified atom stereocenters. The van der Waals surface area contributed by atoms with Gasteiger partial charge in [0, 0.05) is 5.54 Å². The molecule has 1 heteroatoms. The molecule has 1 nitrogen and oxygen atoms in total. The highest BCUT2D eigenvalue weighted by Gasteiger charge is 2.08. The van der Waals surface area contributed by atoms with Crippen LogP contribution in [-0.2, 0) is 0 Å². The molecule has 0 aromatic carbocycles. The molecule has 0 aromatic heterocycles. The van der Waals surface area contributed by atoms with E-state index in [4.69, 9.17) is 5.73 Å². The molecule has 0 spiro atoms. The zero-order chi connectivity index (χ0) is 13.7. The topological polar surface area (TPSA) is 26.0 Å². The molecule has 0 rings (SSSR count). The second-order valence-electron chi connectivity index (χ2n) is 6.26. The van der Waals surface area contributed by atoms with Crippen LogP contribution in [0.15, 0.2) is 12.2 Å². The zero-order valence-corrected chi connectivity index (χ0v) is 13.0. The second kappa shape index (κ2) is 11.8. The molecule has 0 aliphatic carbocycles. The monoisotopic (exact) mass is 253 g/mol. The van der Waals surface area contributed by atoms with Gasteiger partial charge in [0.05, 0.1) is 0 Å². The molecule has 0 radical (unpaired) electrons. The van der Waals surface area contributed by atoms with E-state index >= 15 is 0 Å². The molecule has 0 heterocycles. The maximum absolute atomic E-state index is 5.96. The summed E-state index contributed by atoms with van der Waals surface area (Å²) in [5.74, 6) is 0. The molecule has 0 saturated heterocycles. The summed E-state index contributed by atoms with van der Waals surface area (Å²) in [7, 11) is 0. The van der Waals surface area contributed by atoms with Crippen LogP contribution in [0.5, 0.6) is 0 Å². The third kappa shape index (κ3) is 15.7. The third-order valence-corrected chi connectivity index (χ3v) is 3.33. The highest BCUT2D eigenvalue weighted by atomic mass is 14.7. The standard InChI is InChI=1S/C17H35N/c1-4-5-6-7-8-9-10-11-12-13-14-15-16-17(2,3)18/h7-8H,4-6,9-16,18H2,1-3H3. The molecule has 0 bridgehead atoms. The number of unbranched alkanes of at least 4 members (excludes halogenated alkanes) is 8. The van der Waals surface area contributed by atoms with E-state index in [1.807, 2.05) is 0 Å². The number of rotatable bonds is 12. The van der Waals surface area contributed by atoms with Gasteiger partial charge in [-0.25, -0.2) is 0 Å². The van der Waals surface area contributed by atoms with E-state index in [0.29, 0.717) is 0 Å². The van der Waals surface area contributed by atoms with Gasteiger partial charge in [-0.2, -0.15) is 0 Å². The normalized spacial score (nSPS) is 12.4. The van der Waals surface area contributed by atoms with E-state index in [1.165, 1.54) is 64.2 Å². The quantitative estimate of drug-likeness (QED) is 0.356. The fourth-order valence-electron chi connectivity index (χ4n) is 2.11. The van der Waals surface area contributed by atoms with Gasteiger partial charge >= 0.3 is 0 Å². The Morgan fingerprint density at radius 2 is 1.28 bits per heavy atom. The lowest BCUT2D eigenvalue weighted by molar-refractivity contribution is 0.441. The van der Waals surface area contributed by atoms with Crippen molar-refractivity contribution in [3.05, 3.63) is 12.2 Å². The molecule has 0 atom stereocenters. The highest BCUT2D eigenvalue weighted by Crippen LogP contribution is 2.13. The highest BCUT2D eigenvalue weighted by molar-refractivity contribution is 4.81. The minimum atomic E-state index is 0.0310. The first kappa shape index (κ1) is 17.7. The maximum Gasteiger partial charge on any atom is 0.00970 e. The molecule has 108 valence electrons. The first-order chi connectivity index (χ1) is 8.56. The Balaban J connectivity index is 3.10. The Labute approximate surface area is 115 Å². The zero-order valence-electron chi connectivity index (χ0n) is 13.0. The minimum Gasteiger partial charge on any atom is -0.326 e. The third-order valence-electron chi connectivity index (χ3n) is 3.33. The lowest BCUT2D eigenvalue weighted by atomic mass is 9.97. The summed E-state index contributed by atoms with van der Waals surface area (Å²) in [5.41, 5.74) is 5.99. The molecule has 0 saturated carbocycles. The fraction of sp³-hybridized carbons (Fsp3) is 0.882. The van der Waals surface area contributed by atoms with Gasteiger partial charge in [-0.3, -0.25) is 0 Å². The van der Waals surface area contributed by atoms with Crippen molar-refractivity contribution in [2.45, 2.75) is 96.9 Å². The van der Waals surface area contributed by atoms with Crippen molar-refractivity contribution in [1.29, 1.82) is 0 Å². The van der Waals surface area contributed by atoms with Gasteiger partial charge < -0.3 is 5.73 Å². The van der Waals surface area contributed by atoms with Crippen molar-refractivity contribution in [2.24, 2.45) is 5.73 Å². The number of allylic oxidation sites excluding steroid dienone is 2. The smallest absolute Gasteiger partial charge is 0.00970 e. The van der Waals surface area contributed by atoms with Crippen LogP contribution in [0.1, 0.15) is 91.4 Å². The van der Waals surface area contributed by atoms with E-state index in [9.17, 15) is 0 Å². The lowest BCUT2D eigenvalue weighted by Crippen LogP contribution is -2.31. The first-order valence-corrected chi connectivity index (χ1v) is 8.00. The van der Waals surface area contributed by atoms with E-state index in [0.717, 1.165) is 6.42 Å². The van der Waals surface area contributed by atoms with Crippen LogP contribution >= 0.6 is 0 Å². The maximum atomic E-state index is 5.96. The van der Waals surface area contributed by atoms with Gasteiger partial charge in [0.15, 0.2) is 0 Å². The predicted molar refractivity (Wildman–Crippen MR) is 83.9 cm³/mol. The van der Waals surface area contributed by atoms with Crippen LogP contribution < -0.4 is 5.73 Å². The summed E-state index contributed by atoms with van der Waals surface area (Å²) in [4.78, 5) is 0. The van der Waals surface area contributed by atoms with E-state index in [1.54, 1.807) is 0 Å².